The third-order valence-electron chi connectivity index (χ3n) is 4.46. The topological polar surface area (TPSA) is 72.0 Å². The minimum absolute atomic E-state index is 0.123. The molecule has 3 rings (SSSR count). The van der Waals surface area contributed by atoms with Crippen molar-refractivity contribution in [1.29, 1.82) is 0 Å². The number of esters is 1. The van der Waals surface area contributed by atoms with Crippen LogP contribution in [0.25, 0.3) is 0 Å². The lowest BCUT2D eigenvalue weighted by atomic mass is 10.1. The van der Waals surface area contributed by atoms with Crippen LogP contribution >= 0.6 is 0 Å². The molecule has 0 radical (unpaired) electrons. The van der Waals surface area contributed by atoms with E-state index in [1.165, 1.54) is 6.20 Å². The van der Waals surface area contributed by atoms with Crippen LogP contribution in [0.1, 0.15) is 23.7 Å². The van der Waals surface area contributed by atoms with E-state index in [0.717, 1.165) is 18.8 Å². The number of carbonyl (C=O) groups excluding carboxylic acids is 2. The summed E-state index contributed by atoms with van der Waals surface area (Å²) in [6, 6.07) is 3.52. The minimum Gasteiger partial charge on any atom is -0.462 e. The molecule has 0 bridgehead atoms. The predicted molar refractivity (Wildman–Crippen MR) is 95.7 cm³/mol. The van der Waals surface area contributed by atoms with Crippen LogP contribution in [-0.2, 0) is 14.3 Å². The van der Waals surface area contributed by atoms with Gasteiger partial charge in [-0.05, 0) is 31.4 Å². The van der Waals surface area contributed by atoms with Gasteiger partial charge in [-0.25, -0.2) is 9.78 Å². The zero-order valence-corrected chi connectivity index (χ0v) is 14.9. The SMILES string of the molecule is CCOC(=O)c1ccc(N2CCN(C(=O)C#C[C@@H]3CCOC3)CC2)nc1. The van der Waals surface area contributed by atoms with E-state index in [9.17, 15) is 9.59 Å². The van der Waals surface area contributed by atoms with Crippen molar-refractivity contribution in [3.8, 4) is 11.8 Å². The number of rotatable bonds is 3. The van der Waals surface area contributed by atoms with Crippen LogP contribution in [0, 0.1) is 17.8 Å². The van der Waals surface area contributed by atoms with Gasteiger partial charge in [0.1, 0.15) is 5.82 Å². The zero-order valence-electron chi connectivity index (χ0n) is 14.9. The molecule has 1 atom stereocenters. The maximum atomic E-state index is 12.2. The van der Waals surface area contributed by atoms with Crippen molar-refractivity contribution in [1.82, 2.24) is 9.88 Å². The number of aromatic nitrogens is 1. The summed E-state index contributed by atoms with van der Waals surface area (Å²) in [5, 5.41) is 0. The Morgan fingerprint density at radius 3 is 2.73 bits per heavy atom. The molecule has 0 N–H and O–H groups in total. The van der Waals surface area contributed by atoms with Gasteiger partial charge in [-0.1, -0.05) is 5.92 Å². The average molecular weight is 357 g/mol. The summed E-state index contributed by atoms with van der Waals surface area (Å²) in [6.45, 7) is 6.05. The summed E-state index contributed by atoms with van der Waals surface area (Å²) in [4.78, 5) is 32.1. The fraction of sp³-hybridized carbons (Fsp3) is 0.526. The molecule has 0 saturated carbocycles. The molecule has 7 heteroatoms. The number of anilines is 1. The number of piperazine rings is 1. The van der Waals surface area contributed by atoms with Crippen LogP contribution in [-0.4, -0.2) is 67.8 Å². The van der Waals surface area contributed by atoms with E-state index in [0.29, 0.717) is 45.0 Å². The van der Waals surface area contributed by atoms with Crippen molar-refractivity contribution in [2.45, 2.75) is 13.3 Å². The lowest BCUT2D eigenvalue weighted by molar-refractivity contribution is -0.125. The molecule has 2 aliphatic heterocycles. The monoisotopic (exact) mass is 357 g/mol. The first-order valence-corrected chi connectivity index (χ1v) is 8.93. The maximum absolute atomic E-state index is 12.2. The molecule has 2 saturated heterocycles. The van der Waals surface area contributed by atoms with Crippen LogP contribution in [0.5, 0.6) is 0 Å². The summed E-state index contributed by atoms with van der Waals surface area (Å²) in [6.07, 6.45) is 2.43. The number of ether oxygens (including phenoxy) is 2. The van der Waals surface area contributed by atoms with Gasteiger partial charge in [0.05, 0.1) is 18.8 Å². The molecule has 0 aliphatic carbocycles. The fourth-order valence-electron chi connectivity index (χ4n) is 2.94. The Morgan fingerprint density at radius 1 is 1.31 bits per heavy atom. The highest BCUT2D eigenvalue weighted by molar-refractivity contribution is 5.93. The minimum atomic E-state index is -0.367. The van der Waals surface area contributed by atoms with Gasteiger partial charge < -0.3 is 19.3 Å². The Morgan fingerprint density at radius 2 is 2.12 bits per heavy atom. The molecule has 0 aromatic carbocycles. The van der Waals surface area contributed by atoms with Crippen LogP contribution < -0.4 is 4.90 Å². The van der Waals surface area contributed by atoms with E-state index in [1.54, 1.807) is 17.9 Å². The molecule has 1 aromatic heterocycles. The number of carbonyl (C=O) groups is 2. The molecule has 3 heterocycles. The third-order valence-corrected chi connectivity index (χ3v) is 4.46. The zero-order chi connectivity index (χ0) is 18.4. The maximum Gasteiger partial charge on any atom is 0.339 e. The quantitative estimate of drug-likeness (QED) is 0.592. The molecular formula is C19H23N3O4. The van der Waals surface area contributed by atoms with Crippen LogP contribution in [0.2, 0.25) is 0 Å². The summed E-state index contributed by atoms with van der Waals surface area (Å²) >= 11 is 0. The molecule has 0 spiro atoms. The van der Waals surface area contributed by atoms with Gasteiger partial charge in [0.25, 0.3) is 5.91 Å². The van der Waals surface area contributed by atoms with E-state index in [-0.39, 0.29) is 17.8 Å². The van der Waals surface area contributed by atoms with E-state index < -0.39 is 0 Å². The van der Waals surface area contributed by atoms with Crippen molar-refractivity contribution in [3.05, 3.63) is 23.9 Å². The van der Waals surface area contributed by atoms with E-state index in [1.807, 2.05) is 6.07 Å². The van der Waals surface area contributed by atoms with Crippen molar-refractivity contribution < 1.29 is 19.1 Å². The van der Waals surface area contributed by atoms with Gasteiger partial charge >= 0.3 is 5.97 Å². The summed E-state index contributed by atoms with van der Waals surface area (Å²) in [5.41, 5.74) is 0.440. The highest BCUT2D eigenvalue weighted by atomic mass is 16.5. The molecule has 7 nitrogen and oxygen atoms in total. The lowest BCUT2D eigenvalue weighted by Gasteiger charge is -2.34. The highest BCUT2D eigenvalue weighted by Gasteiger charge is 2.21. The standard InChI is InChI=1S/C19H23N3O4/c1-2-26-19(24)16-4-5-17(20-13-16)21-8-10-22(11-9-21)18(23)6-3-15-7-12-25-14-15/h4-5,13,15H,2,7-12,14H2,1H3/t15-/m1/s1. The van der Waals surface area contributed by atoms with E-state index in [2.05, 4.69) is 21.7 Å². The van der Waals surface area contributed by atoms with Gasteiger partial charge in [-0.3, -0.25) is 4.79 Å². The van der Waals surface area contributed by atoms with Gasteiger partial charge in [0.15, 0.2) is 0 Å². The Labute approximate surface area is 153 Å². The average Bonchev–Trinajstić information content (AvgIpc) is 3.20. The van der Waals surface area contributed by atoms with Gasteiger partial charge in [-0.15, -0.1) is 0 Å². The number of hydrogen-bond acceptors (Lipinski definition) is 6. The smallest absolute Gasteiger partial charge is 0.339 e. The van der Waals surface area contributed by atoms with E-state index >= 15 is 0 Å². The van der Waals surface area contributed by atoms with E-state index in [4.69, 9.17) is 9.47 Å². The molecular weight excluding hydrogens is 334 g/mol. The van der Waals surface area contributed by atoms with Gasteiger partial charge in [0.2, 0.25) is 0 Å². The molecule has 1 aromatic rings. The Bertz CT molecular complexity index is 694. The first-order chi connectivity index (χ1) is 12.7. The first kappa shape index (κ1) is 18.2. The van der Waals surface area contributed by atoms with Crippen LogP contribution in [0.4, 0.5) is 5.82 Å². The molecule has 26 heavy (non-hydrogen) atoms. The molecule has 138 valence electrons. The first-order valence-electron chi connectivity index (χ1n) is 8.93. The lowest BCUT2D eigenvalue weighted by Crippen LogP contribution is -2.48. The Hall–Kier alpha value is -2.59. The largest absolute Gasteiger partial charge is 0.462 e. The van der Waals surface area contributed by atoms with Crippen molar-refractivity contribution in [3.63, 3.8) is 0 Å². The fourth-order valence-corrected chi connectivity index (χ4v) is 2.94. The Kier molecular flexibility index (Phi) is 6.08. The number of pyridine rings is 1. The summed E-state index contributed by atoms with van der Waals surface area (Å²) in [5.74, 6) is 6.25. The normalized spacial score (nSPS) is 19.7. The number of hydrogen-bond donors (Lipinski definition) is 0. The van der Waals surface area contributed by atoms with Crippen molar-refractivity contribution >= 4 is 17.7 Å². The summed E-state index contributed by atoms with van der Waals surface area (Å²) in [7, 11) is 0. The number of amides is 1. The molecule has 2 fully saturated rings. The Balaban J connectivity index is 1.51. The molecule has 2 aliphatic rings. The second kappa shape index (κ2) is 8.68. The molecule has 1 amide bonds. The number of nitrogens with zero attached hydrogens (tertiary/aromatic N) is 3. The second-order valence-corrected chi connectivity index (χ2v) is 6.23. The van der Waals surface area contributed by atoms with Gasteiger partial charge in [-0.2, -0.15) is 0 Å². The highest BCUT2D eigenvalue weighted by Crippen LogP contribution is 2.15. The second-order valence-electron chi connectivity index (χ2n) is 6.23. The van der Waals surface area contributed by atoms with Crippen molar-refractivity contribution in [2.24, 2.45) is 5.92 Å². The van der Waals surface area contributed by atoms with Crippen molar-refractivity contribution in [2.75, 3.05) is 50.9 Å². The van der Waals surface area contributed by atoms with Crippen LogP contribution in [0.15, 0.2) is 18.3 Å². The van der Waals surface area contributed by atoms with Crippen LogP contribution in [0.3, 0.4) is 0 Å². The summed E-state index contributed by atoms with van der Waals surface area (Å²) < 4.78 is 10.2. The third kappa shape index (κ3) is 4.52. The molecule has 0 unspecified atom stereocenters. The predicted octanol–water partition coefficient (Wildman–Crippen LogP) is 0.947. The van der Waals surface area contributed by atoms with Gasteiger partial charge in [0, 0.05) is 44.9 Å².